The molecule has 0 radical (unpaired) electrons. The van der Waals surface area contributed by atoms with Crippen LogP contribution in [0.25, 0.3) is 0 Å². The van der Waals surface area contributed by atoms with E-state index in [0.717, 1.165) is 0 Å². The van der Waals surface area contributed by atoms with Gasteiger partial charge < -0.3 is 37.6 Å². The minimum Gasteiger partial charge on any atom is -0.480 e. The van der Waals surface area contributed by atoms with Crippen molar-refractivity contribution in [3.8, 4) is 0 Å². The van der Waals surface area contributed by atoms with Crippen LogP contribution >= 0.6 is 12.6 Å². The highest BCUT2D eigenvalue weighted by Gasteiger charge is 2.31. The van der Waals surface area contributed by atoms with Crippen molar-refractivity contribution < 1.29 is 34.2 Å². The zero-order valence-electron chi connectivity index (χ0n) is 14.8. The number of aliphatic carboxylic acids is 1. The summed E-state index contributed by atoms with van der Waals surface area (Å²) in [5, 5.41) is 25.2. The third kappa shape index (κ3) is 8.70. The van der Waals surface area contributed by atoms with Crippen LogP contribution in [0, 0.1) is 0 Å². The lowest BCUT2D eigenvalue weighted by Crippen LogP contribution is -2.59. The highest BCUT2D eigenvalue weighted by molar-refractivity contribution is 7.80. The van der Waals surface area contributed by atoms with E-state index in [0.29, 0.717) is 0 Å². The van der Waals surface area contributed by atoms with E-state index in [4.69, 9.17) is 16.6 Å². The minimum absolute atomic E-state index is 0.0509. The molecule has 0 spiro atoms. The molecule has 0 aliphatic carbocycles. The number of rotatable bonds is 11. The minimum atomic E-state index is -1.63. The summed E-state index contributed by atoms with van der Waals surface area (Å²) in [7, 11) is 0. The molecule has 5 atom stereocenters. The van der Waals surface area contributed by atoms with Gasteiger partial charge in [-0.3, -0.25) is 19.2 Å². The van der Waals surface area contributed by atoms with Gasteiger partial charge in [-0.2, -0.15) is 12.6 Å². The summed E-state index contributed by atoms with van der Waals surface area (Å²) in [6, 6.07) is -5.20. The van der Waals surface area contributed by atoms with Crippen molar-refractivity contribution in [1.82, 2.24) is 16.0 Å². The van der Waals surface area contributed by atoms with Crippen LogP contribution in [-0.4, -0.2) is 75.8 Å². The molecule has 0 bridgehead atoms. The molecule has 0 aliphatic rings. The molecular weight excluding hydrogens is 382 g/mol. The molecule has 13 heteroatoms. The van der Waals surface area contributed by atoms with Crippen molar-refractivity contribution in [2.24, 2.45) is 11.5 Å². The Hall–Kier alpha value is -2.38. The smallest absolute Gasteiger partial charge is 0.326 e. The zero-order chi connectivity index (χ0) is 21.3. The molecule has 0 fully saturated rings. The van der Waals surface area contributed by atoms with Gasteiger partial charge in [0.25, 0.3) is 0 Å². The first-order valence-electron chi connectivity index (χ1n) is 7.87. The first kappa shape index (κ1) is 24.6. The number of carboxylic acids is 1. The van der Waals surface area contributed by atoms with Gasteiger partial charge >= 0.3 is 5.97 Å². The van der Waals surface area contributed by atoms with E-state index < -0.39 is 66.3 Å². The van der Waals surface area contributed by atoms with E-state index in [-0.39, 0.29) is 5.75 Å². The van der Waals surface area contributed by atoms with Gasteiger partial charge in [-0.1, -0.05) is 0 Å². The van der Waals surface area contributed by atoms with E-state index in [9.17, 15) is 29.1 Å². The van der Waals surface area contributed by atoms with Crippen molar-refractivity contribution in [2.45, 2.75) is 50.5 Å². The van der Waals surface area contributed by atoms with Crippen LogP contribution in [0.2, 0.25) is 0 Å². The number of nitrogens with one attached hydrogen (secondary N) is 3. The Morgan fingerprint density at radius 1 is 1.00 bits per heavy atom. The van der Waals surface area contributed by atoms with Gasteiger partial charge in [0.05, 0.1) is 18.6 Å². The fourth-order valence-electron chi connectivity index (χ4n) is 1.82. The lowest BCUT2D eigenvalue weighted by atomic mass is 10.1. The second-order valence-electron chi connectivity index (χ2n) is 5.82. The van der Waals surface area contributed by atoms with Gasteiger partial charge in [-0.25, -0.2) is 4.79 Å². The summed E-state index contributed by atoms with van der Waals surface area (Å²) in [5.41, 5.74) is 10.4. The molecule has 0 heterocycles. The van der Waals surface area contributed by atoms with Crippen molar-refractivity contribution in [2.75, 3.05) is 5.75 Å². The van der Waals surface area contributed by atoms with Crippen molar-refractivity contribution in [3.05, 3.63) is 0 Å². The van der Waals surface area contributed by atoms with Crippen LogP contribution in [0.1, 0.15) is 20.3 Å². The maximum absolute atomic E-state index is 12.2. The van der Waals surface area contributed by atoms with E-state index >= 15 is 0 Å². The van der Waals surface area contributed by atoms with Crippen molar-refractivity contribution in [3.63, 3.8) is 0 Å². The van der Waals surface area contributed by atoms with Gasteiger partial charge in [0.15, 0.2) is 0 Å². The van der Waals surface area contributed by atoms with Gasteiger partial charge in [-0.15, -0.1) is 0 Å². The molecule has 0 aliphatic heterocycles. The Morgan fingerprint density at radius 2 is 1.56 bits per heavy atom. The number of carboxylic acid groups (broad SMARTS) is 1. The largest absolute Gasteiger partial charge is 0.480 e. The van der Waals surface area contributed by atoms with Gasteiger partial charge in [-0.05, 0) is 13.8 Å². The van der Waals surface area contributed by atoms with E-state index in [2.05, 4.69) is 23.3 Å². The number of amides is 4. The Kier molecular flexibility index (Phi) is 10.4. The molecule has 0 aromatic rings. The third-order valence-corrected chi connectivity index (χ3v) is 3.76. The van der Waals surface area contributed by atoms with E-state index in [1.165, 1.54) is 13.8 Å². The zero-order valence-corrected chi connectivity index (χ0v) is 15.7. The predicted molar refractivity (Wildman–Crippen MR) is 96.4 cm³/mol. The van der Waals surface area contributed by atoms with Crippen LogP contribution in [-0.2, 0) is 24.0 Å². The summed E-state index contributed by atoms with van der Waals surface area (Å²) in [6.45, 7) is 2.51. The molecule has 0 aromatic carbocycles. The molecular formula is C14H25N5O7S. The predicted octanol–water partition coefficient (Wildman–Crippen LogP) is -3.94. The second-order valence-corrected chi connectivity index (χ2v) is 6.18. The average molecular weight is 407 g/mol. The van der Waals surface area contributed by atoms with Crippen molar-refractivity contribution in [1.29, 1.82) is 0 Å². The van der Waals surface area contributed by atoms with Crippen LogP contribution in [0.4, 0.5) is 0 Å². The number of aliphatic hydroxyl groups is 1. The maximum atomic E-state index is 12.2. The first-order valence-corrected chi connectivity index (χ1v) is 8.50. The topological polar surface area (TPSA) is 214 Å². The Balaban J connectivity index is 5.03. The Bertz CT molecular complexity index is 586. The van der Waals surface area contributed by atoms with Gasteiger partial charge in [0.2, 0.25) is 23.6 Å². The number of thiol groups is 1. The average Bonchev–Trinajstić information content (AvgIpc) is 2.56. The van der Waals surface area contributed by atoms with Crippen LogP contribution in [0.3, 0.4) is 0 Å². The van der Waals surface area contributed by atoms with Crippen LogP contribution < -0.4 is 27.4 Å². The second kappa shape index (κ2) is 11.4. The number of nitrogens with two attached hydrogens (primary N) is 2. The molecule has 27 heavy (non-hydrogen) atoms. The maximum Gasteiger partial charge on any atom is 0.326 e. The number of primary amides is 1. The summed E-state index contributed by atoms with van der Waals surface area (Å²) >= 11 is 3.86. The quantitative estimate of drug-likeness (QED) is 0.158. The lowest BCUT2D eigenvalue weighted by molar-refractivity contribution is -0.144. The molecule has 0 aromatic heterocycles. The number of carbonyl (C=O) groups excluding carboxylic acids is 4. The van der Waals surface area contributed by atoms with Crippen LogP contribution in [0.5, 0.6) is 0 Å². The molecule has 4 amide bonds. The summed E-state index contributed by atoms with van der Waals surface area (Å²) in [6.07, 6.45) is -2.07. The molecule has 9 N–H and O–H groups in total. The van der Waals surface area contributed by atoms with Crippen LogP contribution in [0.15, 0.2) is 0 Å². The Labute approximate surface area is 160 Å². The fourth-order valence-corrected chi connectivity index (χ4v) is 1.98. The highest BCUT2D eigenvalue weighted by atomic mass is 32.1. The first-order chi connectivity index (χ1) is 12.4. The Morgan fingerprint density at radius 3 is 1.96 bits per heavy atom. The monoisotopic (exact) mass is 407 g/mol. The molecule has 0 rings (SSSR count). The van der Waals surface area contributed by atoms with Gasteiger partial charge in [0, 0.05) is 5.75 Å². The molecule has 12 nitrogen and oxygen atoms in total. The molecule has 0 saturated carbocycles. The SMILES string of the molecule is CC(NC(=O)C(N)CS)C(=O)NC(C(=O)NC(CC(N)=O)C(=O)O)C(C)O. The summed E-state index contributed by atoms with van der Waals surface area (Å²) < 4.78 is 0. The molecule has 0 saturated heterocycles. The lowest BCUT2D eigenvalue weighted by Gasteiger charge is -2.25. The number of hydrogen-bond acceptors (Lipinski definition) is 8. The van der Waals surface area contributed by atoms with E-state index in [1.807, 2.05) is 5.32 Å². The number of hydrogen-bond donors (Lipinski definition) is 8. The molecule has 154 valence electrons. The normalized spacial score (nSPS) is 16.2. The summed E-state index contributed by atoms with van der Waals surface area (Å²) in [5.74, 6) is -4.93. The van der Waals surface area contributed by atoms with Crippen molar-refractivity contribution >= 4 is 42.2 Å². The highest BCUT2D eigenvalue weighted by Crippen LogP contribution is 1.99. The number of aliphatic hydroxyl groups excluding tert-OH is 1. The standard InChI is InChI=1S/C14H25N5O7S/c1-5(17-12(23)7(15)4-27)11(22)19-10(6(2)20)13(24)18-8(14(25)26)3-9(16)21/h5-8,10,20,27H,3-4,15H2,1-2H3,(H2,16,21)(H,17,23)(H,18,24)(H,19,22)(H,25,26). The van der Waals surface area contributed by atoms with E-state index in [1.54, 1.807) is 0 Å². The summed E-state index contributed by atoms with van der Waals surface area (Å²) in [4.78, 5) is 57.9. The number of carbonyl (C=O) groups is 5. The van der Waals surface area contributed by atoms with Gasteiger partial charge in [0.1, 0.15) is 18.1 Å². The third-order valence-electron chi connectivity index (χ3n) is 3.37. The molecule has 5 unspecified atom stereocenters. The fraction of sp³-hybridized carbons (Fsp3) is 0.643.